The van der Waals surface area contributed by atoms with Crippen molar-refractivity contribution in [3.8, 4) is 0 Å². The summed E-state index contributed by atoms with van der Waals surface area (Å²) in [6.07, 6.45) is 9.00. The highest BCUT2D eigenvalue weighted by atomic mass is 32.1. The van der Waals surface area contributed by atoms with Gasteiger partial charge in [0, 0.05) is 18.0 Å². The maximum absolute atomic E-state index is 5.15. The minimum Gasteiger partial charge on any atom is -0.305 e. The van der Waals surface area contributed by atoms with Gasteiger partial charge in [-0.05, 0) is 64.0 Å². The van der Waals surface area contributed by atoms with Gasteiger partial charge < -0.3 is 10.2 Å². The number of aryl methyl sites for hydroxylation is 2. The van der Waals surface area contributed by atoms with Crippen molar-refractivity contribution in [3.63, 3.8) is 0 Å². The Morgan fingerprint density at radius 2 is 2.24 bits per heavy atom. The molecule has 3 heterocycles. The second-order valence-electron chi connectivity index (χ2n) is 7.03. The molecular weight excluding hydrogens is 278 g/mol. The second kappa shape index (κ2) is 5.64. The molecule has 1 aromatic heterocycles. The first-order valence-corrected chi connectivity index (χ1v) is 9.60. The van der Waals surface area contributed by atoms with Crippen molar-refractivity contribution in [3.05, 3.63) is 15.6 Å². The van der Waals surface area contributed by atoms with Crippen molar-refractivity contribution < 1.29 is 0 Å². The largest absolute Gasteiger partial charge is 0.305 e. The van der Waals surface area contributed by atoms with Crippen LogP contribution in [0.4, 0.5) is 0 Å². The lowest BCUT2D eigenvalue weighted by Gasteiger charge is -2.42. The molecule has 4 heteroatoms. The van der Waals surface area contributed by atoms with Gasteiger partial charge in [-0.3, -0.25) is 0 Å². The molecule has 3 atom stereocenters. The fourth-order valence-corrected chi connectivity index (χ4v) is 5.88. The molecule has 1 aliphatic carbocycles. The van der Waals surface area contributed by atoms with Gasteiger partial charge in [0.1, 0.15) is 5.01 Å². The lowest BCUT2D eigenvalue weighted by atomic mass is 9.79. The van der Waals surface area contributed by atoms with E-state index in [4.69, 9.17) is 4.98 Å². The third-order valence-corrected chi connectivity index (χ3v) is 7.04. The van der Waals surface area contributed by atoms with Crippen LogP contribution in [0.1, 0.15) is 54.6 Å². The molecule has 0 amide bonds. The lowest BCUT2D eigenvalue weighted by molar-refractivity contribution is 0.129. The third-order valence-electron chi connectivity index (χ3n) is 5.71. The molecule has 1 N–H and O–H groups in total. The molecule has 0 saturated carbocycles. The van der Waals surface area contributed by atoms with E-state index in [1.54, 1.807) is 4.88 Å². The molecule has 1 aromatic rings. The molecule has 4 rings (SSSR count). The zero-order valence-electron chi connectivity index (χ0n) is 13.2. The molecule has 21 heavy (non-hydrogen) atoms. The number of fused-ring (bicyclic) bond motifs is 3. The SMILES string of the molecule is CCCNC1(c2nc3c(s2)CCCC3)CCN2CCC1C2. The monoisotopic (exact) mass is 305 g/mol. The highest BCUT2D eigenvalue weighted by molar-refractivity contribution is 7.11. The van der Waals surface area contributed by atoms with E-state index in [0.717, 1.165) is 12.5 Å². The predicted molar refractivity (Wildman–Crippen MR) is 87.9 cm³/mol. The van der Waals surface area contributed by atoms with Gasteiger partial charge in [0.15, 0.2) is 0 Å². The molecule has 0 spiro atoms. The summed E-state index contributed by atoms with van der Waals surface area (Å²) in [5.74, 6) is 0.769. The van der Waals surface area contributed by atoms with E-state index >= 15 is 0 Å². The molecule has 3 unspecified atom stereocenters. The van der Waals surface area contributed by atoms with Gasteiger partial charge >= 0.3 is 0 Å². The fraction of sp³-hybridized carbons (Fsp3) is 0.824. The van der Waals surface area contributed by atoms with E-state index in [2.05, 4.69) is 17.1 Å². The molecule has 3 aliphatic rings. The first-order valence-electron chi connectivity index (χ1n) is 8.78. The van der Waals surface area contributed by atoms with Crippen LogP contribution in [0.5, 0.6) is 0 Å². The number of rotatable bonds is 4. The Morgan fingerprint density at radius 3 is 3.10 bits per heavy atom. The van der Waals surface area contributed by atoms with Crippen LogP contribution in [0.2, 0.25) is 0 Å². The lowest BCUT2D eigenvalue weighted by Crippen LogP contribution is -2.54. The summed E-state index contributed by atoms with van der Waals surface area (Å²) in [6.45, 7) is 7.22. The van der Waals surface area contributed by atoms with Gasteiger partial charge in [-0.15, -0.1) is 11.3 Å². The van der Waals surface area contributed by atoms with E-state index in [-0.39, 0.29) is 5.54 Å². The molecule has 3 nitrogen and oxygen atoms in total. The quantitative estimate of drug-likeness (QED) is 0.927. The normalized spacial score (nSPS) is 34.9. The third kappa shape index (κ3) is 2.36. The van der Waals surface area contributed by atoms with Gasteiger partial charge in [0.05, 0.1) is 11.2 Å². The number of nitrogens with zero attached hydrogens (tertiary/aromatic N) is 2. The summed E-state index contributed by atoms with van der Waals surface area (Å²) >= 11 is 2.04. The first-order chi connectivity index (χ1) is 10.3. The van der Waals surface area contributed by atoms with Crippen molar-refractivity contribution in [2.75, 3.05) is 26.2 Å². The zero-order chi connectivity index (χ0) is 14.3. The van der Waals surface area contributed by atoms with E-state index in [1.807, 2.05) is 11.3 Å². The summed E-state index contributed by atoms with van der Waals surface area (Å²) in [7, 11) is 0. The summed E-state index contributed by atoms with van der Waals surface area (Å²) in [4.78, 5) is 9.39. The minimum absolute atomic E-state index is 0.186. The van der Waals surface area contributed by atoms with E-state index in [0.29, 0.717) is 0 Å². The Hall–Kier alpha value is -0.450. The summed E-state index contributed by atoms with van der Waals surface area (Å²) < 4.78 is 0. The zero-order valence-corrected chi connectivity index (χ0v) is 14.0. The van der Waals surface area contributed by atoms with Crippen LogP contribution >= 0.6 is 11.3 Å². The Kier molecular flexibility index (Phi) is 3.80. The number of hydrogen-bond acceptors (Lipinski definition) is 4. The number of aromatic nitrogens is 1. The van der Waals surface area contributed by atoms with Crippen molar-refractivity contribution in [2.24, 2.45) is 5.92 Å². The predicted octanol–water partition coefficient (Wildman–Crippen LogP) is 2.94. The van der Waals surface area contributed by atoms with Crippen LogP contribution in [-0.2, 0) is 18.4 Å². The highest BCUT2D eigenvalue weighted by Crippen LogP contribution is 2.45. The molecule has 2 saturated heterocycles. The molecular formula is C17H27N3S. The minimum atomic E-state index is 0.186. The standard InChI is InChI=1S/C17H27N3S/c1-2-9-18-17(8-11-20-10-7-13(17)12-20)16-19-14-5-3-4-6-15(14)21-16/h13,18H,2-12H2,1H3. The fourth-order valence-electron chi connectivity index (χ4n) is 4.46. The Balaban J connectivity index is 1.70. The topological polar surface area (TPSA) is 28.2 Å². The second-order valence-corrected chi connectivity index (χ2v) is 8.11. The van der Waals surface area contributed by atoms with Crippen molar-refractivity contribution in [2.45, 2.75) is 57.4 Å². The molecule has 116 valence electrons. The maximum Gasteiger partial charge on any atom is 0.114 e. The first kappa shape index (κ1) is 14.2. The van der Waals surface area contributed by atoms with Gasteiger partial charge in [0.25, 0.3) is 0 Å². The van der Waals surface area contributed by atoms with Crippen molar-refractivity contribution in [1.29, 1.82) is 0 Å². The van der Waals surface area contributed by atoms with Crippen LogP contribution in [0.25, 0.3) is 0 Å². The van der Waals surface area contributed by atoms with Crippen LogP contribution in [0.3, 0.4) is 0 Å². The van der Waals surface area contributed by atoms with E-state index < -0.39 is 0 Å². The van der Waals surface area contributed by atoms with Crippen LogP contribution in [-0.4, -0.2) is 36.1 Å². The number of hydrogen-bond donors (Lipinski definition) is 1. The average Bonchev–Trinajstić information content (AvgIpc) is 3.12. The van der Waals surface area contributed by atoms with Crippen molar-refractivity contribution >= 4 is 11.3 Å². The molecule has 2 fully saturated rings. The Morgan fingerprint density at radius 1 is 1.33 bits per heavy atom. The summed E-state index contributed by atoms with van der Waals surface area (Å²) in [5.41, 5.74) is 1.62. The van der Waals surface area contributed by atoms with E-state index in [9.17, 15) is 0 Å². The number of piperidine rings is 1. The van der Waals surface area contributed by atoms with Crippen molar-refractivity contribution in [1.82, 2.24) is 15.2 Å². The van der Waals surface area contributed by atoms with Gasteiger partial charge in [-0.2, -0.15) is 0 Å². The van der Waals surface area contributed by atoms with Gasteiger partial charge in [-0.25, -0.2) is 4.98 Å². The Bertz CT molecular complexity index is 489. The van der Waals surface area contributed by atoms with Crippen LogP contribution in [0, 0.1) is 5.92 Å². The molecule has 2 bridgehead atoms. The van der Waals surface area contributed by atoms with Crippen LogP contribution in [0.15, 0.2) is 0 Å². The van der Waals surface area contributed by atoms with E-state index in [1.165, 1.54) is 75.3 Å². The summed E-state index contributed by atoms with van der Waals surface area (Å²) in [5, 5.41) is 5.38. The molecule has 2 aliphatic heterocycles. The number of thiazole rings is 1. The van der Waals surface area contributed by atoms with Gasteiger partial charge in [-0.1, -0.05) is 6.92 Å². The maximum atomic E-state index is 5.15. The smallest absolute Gasteiger partial charge is 0.114 e. The summed E-state index contributed by atoms with van der Waals surface area (Å²) in [6, 6.07) is 0. The van der Waals surface area contributed by atoms with Gasteiger partial charge in [0.2, 0.25) is 0 Å². The van der Waals surface area contributed by atoms with Crippen LogP contribution < -0.4 is 5.32 Å². The highest BCUT2D eigenvalue weighted by Gasteiger charge is 2.49. The number of nitrogens with one attached hydrogen (secondary N) is 1. The average molecular weight is 305 g/mol. The Labute approximate surface area is 132 Å². The molecule has 0 aromatic carbocycles. The molecule has 0 radical (unpaired) electrons.